The zero-order valence-corrected chi connectivity index (χ0v) is 17.0. The number of aliphatic hydroxyl groups is 1. The van der Waals surface area contributed by atoms with E-state index in [1.54, 1.807) is 24.3 Å². The van der Waals surface area contributed by atoms with Crippen LogP contribution in [-0.2, 0) is 0 Å². The van der Waals surface area contributed by atoms with Crippen molar-refractivity contribution in [3.8, 4) is 22.8 Å². The number of hydrogen-bond donors (Lipinski definition) is 4. The molecule has 1 fully saturated rings. The summed E-state index contributed by atoms with van der Waals surface area (Å²) in [6.07, 6.45) is 0.651. The average molecular weight is 438 g/mol. The van der Waals surface area contributed by atoms with E-state index in [9.17, 15) is 20.1 Å². The number of nitrogens with one attached hydrogen (secondary N) is 1. The summed E-state index contributed by atoms with van der Waals surface area (Å²) < 4.78 is 6.04. The van der Waals surface area contributed by atoms with Crippen LogP contribution in [0.1, 0.15) is 17.9 Å². The standard InChI is InChI=1S/C21H20ClNO5.ClH/c22-14-4-2-1-3-13(14)18-8-17(27)20-16(26)7-15(25)19(21(20)28-18)12-5-6-23-9-11(12)10-24;/h1-4,7-8,11-12,23-26H,5-6,9-10H2;1H/t11-,12+;/m0./s1. The van der Waals surface area contributed by atoms with E-state index in [1.807, 2.05) is 0 Å². The summed E-state index contributed by atoms with van der Waals surface area (Å²) in [6, 6.07) is 9.43. The van der Waals surface area contributed by atoms with Crippen molar-refractivity contribution in [2.45, 2.75) is 12.3 Å². The Morgan fingerprint density at radius 2 is 1.93 bits per heavy atom. The van der Waals surface area contributed by atoms with Gasteiger partial charge in [-0.05, 0) is 31.0 Å². The lowest BCUT2D eigenvalue weighted by molar-refractivity contribution is 0.178. The van der Waals surface area contributed by atoms with Crippen LogP contribution >= 0.6 is 24.0 Å². The molecule has 0 aliphatic carbocycles. The van der Waals surface area contributed by atoms with Gasteiger partial charge in [0.1, 0.15) is 28.2 Å². The van der Waals surface area contributed by atoms with Crippen LogP contribution in [-0.4, -0.2) is 35.0 Å². The van der Waals surface area contributed by atoms with E-state index in [0.717, 1.165) is 0 Å². The molecule has 1 aliphatic heterocycles. The van der Waals surface area contributed by atoms with Crippen LogP contribution in [0.3, 0.4) is 0 Å². The number of benzene rings is 2. The lowest BCUT2D eigenvalue weighted by Gasteiger charge is -2.32. The molecule has 3 aromatic rings. The van der Waals surface area contributed by atoms with Crippen molar-refractivity contribution >= 4 is 35.0 Å². The van der Waals surface area contributed by atoms with Crippen molar-refractivity contribution in [3.63, 3.8) is 0 Å². The quantitative estimate of drug-likeness (QED) is 0.498. The number of piperidine rings is 1. The highest BCUT2D eigenvalue weighted by atomic mass is 35.5. The Labute approximate surface area is 178 Å². The molecule has 0 bridgehead atoms. The molecule has 8 heteroatoms. The second-order valence-electron chi connectivity index (χ2n) is 7.03. The maximum Gasteiger partial charge on any atom is 0.197 e. The Hall–Kier alpha value is -2.25. The molecule has 2 aromatic carbocycles. The fraction of sp³-hybridized carbons (Fsp3) is 0.286. The first kappa shape index (κ1) is 21.5. The number of phenols is 2. The second kappa shape index (κ2) is 8.63. The van der Waals surface area contributed by atoms with Gasteiger partial charge in [-0.3, -0.25) is 4.79 Å². The minimum Gasteiger partial charge on any atom is -0.507 e. The molecule has 1 saturated heterocycles. The van der Waals surface area contributed by atoms with E-state index in [2.05, 4.69) is 5.32 Å². The lowest BCUT2D eigenvalue weighted by atomic mass is 9.80. The van der Waals surface area contributed by atoms with Gasteiger partial charge in [0, 0.05) is 42.3 Å². The number of fused-ring (bicyclic) bond motifs is 1. The molecule has 29 heavy (non-hydrogen) atoms. The van der Waals surface area contributed by atoms with E-state index in [4.69, 9.17) is 16.0 Å². The first-order valence-corrected chi connectivity index (χ1v) is 9.48. The third-order valence-electron chi connectivity index (χ3n) is 5.35. The fourth-order valence-corrected chi connectivity index (χ4v) is 4.20. The van der Waals surface area contributed by atoms with Crippen molar-refractivity contribution in [1.29, 1.82) is 0 Å². The van der Waals surface area contributed by atoms with Gasteiger partial charge < -0.3 is 25.1 Å². The van der Waals surface area contributed by atoms with E-state index in [0.29, 0.717) is 35.7 Å². The Morgan fingerprint density at radius 3 is 2.66 bits per heavy atom. The summed E-state index contributed by atoms with van der Waals surface area (Å²) in [6.45, 7) is 1.21. The largest absolute Gasteiger partial charge is 0.507 e. The average Bonchev–Trinajstić information content (AvgIpc) is 2.68. The minimum absolute atomic E-state index is 0. The molecule has 0 radical (unpaired) electrons. The molecular weight excluding hydrogens is 417 g/mol. The van der Waals surface area contributed by atoms with Crippen LogP contribution in [0.5, 0.6) is 11.5 Å². The van der Waals surface area contributed by atoms with E-state index in [-0.39, 0.29) is 59.1 Å². The Balaban J connectivity index is 0.00000240. The van der Waals surface area contributed by atoms with Gasteiger partial charge in [-0.25, -0.2) is 0 Å². The molecule has 0 unspecified atom stereocenters. The summed E-state index contributed by atoms with van der Waals surface area (Å²) in [5.41, 5.74) is 0.676. The predicted molar refractivity (Wildman–Crippen MR) is 114 cm³/mol. The second-order valence-corrected chi connectivity index (χ2v) is 7.44. The molecule has 154 valence electrons. The van der Waals surface area contributed by atoms with Crippen LogP contribution in [0, 0.1) is 5.92 Å². The zero-order valence-electron chi connectivity index (χ0n) is 15.4. The van der Waals surface area contributed by atoms with Gasteiger partial charge in [0.2, 0.25) is 0 Å². The summed E-state index contributed by atoms with van der Waals surface area (Å²) in [4.78, 5) is 12.8. The van der Waals surface area contributed by atoms with Crippen molar-refractivity contribution in [3.05, 3.63) is 57.2 Å². The summed E-state index contributed by atoms with van der Waals surface area (Å²) in [5, 5.41) is 34.3. The number of aliphatic hydroxyl groups excluding tert-OH is 1. The predicted octanol–water partition coefficient (Wildman–Crippen LogP) is 3.63. The zero-order chi connectivity index (χ0) is 19.8. The molecule has 6 nitrogen and oxygen atoms in total. The van der Waals surface area contributed by atoms with Crippen LogP contribution in [0.4, 0.5) is 0 Å². The van der Waals surface area contributed by atoms with Crippen molar-refractivity contribution in [2.75, 3.05) is 19.7 Å². The maximum atomic E-state index is 12.8. The number of phenolic OH excluding ortho intramolecular Hbond substituents is 2. The van der Waals surface area contributed by atoms with Crippen LogP contribution in [0.15, 0.2) is 45.6 Å². The van der Waals surface area contributed by atoms with Crippen LogP contribution in [0.25, 0.3) is 22.3 Å². The van der Waals surface area contributed by atoms with Gasteiger partial charge in [0.15, 0.2) is 5.43 Å². The van der Waals surface area contributed by atoms with E-state index in [1.165, 1.54) is 12.1 Å². The third kappa shape index (κ3) is 3.81. The first-order valence-electron chi connectivity index (χ1n) is 9.10. The van der Waals surface area contributed by atoms with Gasteiger partial charge in [-0.1, -0.05) is 23.7 Å². The number of halogens is 2. The van der Waals surface area contributed by atoms with E-state index < -0.39 is 5.43 Å². The van der Waals surface area contributed by atoms with Crippen molar-refractivity contribution in [2.24, 2.45) is 5.92 Å². The summed E-state index contributed by atoms with van der Waals surface area (Å²) >= 11 is 6.26. The number of aromatic hydroxyl groups is 2. The lowest BCUT2D eigenvalue weighted by Crippen LogP contribution is -2.37. The number of hydrogen-bond acceptors (Lipinski definition) is 6. The Kier molecular flexibility index (Phi) is 6.39. The van der Waals surface area contributed by atoms with Gasteiger partial charge in [0.05, 0.1) is 5.02 Å². The molecule has 4 N–H and O–H groups in total. The highest BCUT2D eigenvalue weighted by molar-refractivity contribution is 6.33. The SMILES string of the molecule is Cl.O=c1cc(-c2ccccc2Cl)oc2c([C@@H]3CCNC[C@H]3CO)c(O)cc(O)c12. The van der Waals surface area contributed by atoms with Crippen molar-refractivity contribution in [1.82, 2.24) is 5.32 Å². The molecule has 0 saturated carbocycles. The van der Waals surface area contributed by atoms with Crippen LogP contribution < -0.4 is 10.7 Å². The van der Waals surface area contributed by atoms with Gasteiger partial charge >= 0.3 is 0 Å². The van der Waals surface area contributed by atoms with Gasteiger partial charge in [-0.2, -0.15) is 0 Å². The minimum atomic E-state index is -0.426. The molecule has 1 aliphatic rings. The van der Waals surface area contributed by atoms with E-state index >= 15 is 0 Å². The first-order chi connectivity index (χ1) is 13.5. The highest BCUT2D eigenvalue weighted by Gasteiger charge is 2.32. The highest BCUT2D eigenvalue weighted by Crippen LogP contribution is 2.43. The Bertz CT molecular complexity index is 1100. The fourth-order valence-electron chi connectivity index (χ4n) is 3.97. The van der Waals surface area contributed by atoms with Gasteiger partial charge in [-0.15, -0.1) is 12.4 Å². The topological polar surface area (TPSA) is 103 Å². The van der Waals surface area contributed by atoms with Crippen LogP contribution in [0.2, 0.25) is 5.02 Å². The molecule has 2 heterocycles. The summed E-state index contributed by atoms with van der Waals surface area (Å²) in [5.74, 6) is -0.621. The molecular formula is C21H21Cl2NO5. The summed E-state index contributed by atoms with van der Waals surface area (Å²) in [7, 11) is 0. The molecule has 4 rings (SSSR count). The smallest absolute Gasteiger partial charge is 0.197 e. The Morgan fingerprint density at radius 1 is 1.17 bits per heavy atom. The maximum absolute atomic E-state index is 12.8. The normalized spacial score (nSPS) is 19.1. The van der Waals surface area contributed by atoms with Gasteiger partial charge in [0.25, 0.3) is 0 Å². The molecule has 1 aromatic heterocycles. The third-order valence-corrected chi connectivity index (χ3v) is 5.68. The van der Waals surface area contributed by atoms with Crippen molar-refractivity contribution < 1.29 is 19.7 Å². The molecule has 0 amide bonds. The molecule has 2 atom stereocenters. The monoisotopic (exact) mass is 437 g/mol. The molecule has 0 spiro atoms. The number of rotatable bonds is 3.